The minimum atomic E-state index is -0.737. The van der Waals surface area contributed by atoms with Crippen molar-refractivity contribution in [2.45, 2.75) is 51.0 Å². The van der Waals surface area contributed by atoms with Gasteiger partial charge in [0.25, 0.3) is 0 Å². The lowest BCUT2D eigenvalue weighted by molar-refractivity contribution is 0.414. The molecule has 1 aromatic rings. The summed E-state index contributed by atoms with van der Waals surface area (Å²) in [4.78, 5) is 0. The summed E-state index contributed by atoms with van der Waals surface area (Å²) in [5, 5.41) is 3.47. The maximum Gasteiger partial charge on any atom is 0.162 e. The van der Waals surface area contributed by atoms with Gasteiger partial charge in [0.1, 0.15) is 0 Å². The van der Waals surface area contributed by atoms with E-state index in [4.69, 9.17) is 0 Å². The molecule has 0 spiro atoms. The van der Waals surface area contributed by atoms with Crippen molar-refractivity contribution < 1.29 is 8.78 Å². The van der Waals surface area contributed by atoms with Crippen molar-refractivity contribution in [2.24, 2.45) is 0 Å². The molecule has 1 fully saturated rings. The molecule has 0 bridgehead atoms. The zero-order valence-electron chi connectivity index (χ0n) is 11.1. The summed E-state index contributed by atoms with van der Waals surface area (Å²) in [5.41, 5.74) is 0.292. The van der Waals surface area contributed by atoms with Gasteiger partial charge >= 0.3 is 0 Å². The highest BCUT2D eigenvalue weighted by atomic mass is 19.2. The van der Waals surface area contributed by atoms with Gasteiger partial charge in [-0.3, -0.25) is 0 Å². The van der Waals surface area contributed by atoms with Crippen molar-refractivity contribution in [1.82, 2.24) is 5.32 Å². The third-order valence-electron chi connectivity index (χ3n) is 4.03. The molecule has 0 radical (unpaired) electrons. The first kappa shape index (κ1) is 13.5. The Labute approximate surface area is 108 Å². The molecule has 1 saturated carbocycles. The van der Waals surface area contributed by atoms with Crippen LogP contribution in [-0.2, 0) is 5.41 Å². The molecule has 2 atom stereocenters. The molecular formula is C15H21F2N. The first-order valence-electron chi connectivity index (χ1n) is 6.74. The molecule has 1 N–H and O–H groups in total. The van der Waals surface area contributed by atoms with Gasteiger partial charge in [0, 0.05) is 6.04 Å². The monoisotopic (exact) mass is 253 g/mol. The quantitative estimate of drug-likeness (QED) is 0.861. The summed E-state index contributed by atoms with van der Waals surface area (Å²) >= 11 is 0. The molecule has 0 amide bonds. The van der Waals surface area contributed by atoms with E-state index in [0.29, 0.717) is 11.6 Å². The predicted molar refractivity (Wildman–Crippen MR) is 69.6 cm³/mol. The smallest absolute Gasteiger partial charge is 0.162 e. The molecule has 0 aromatic heterocycles. The minimum absolute atomic E-state index is 0.239. The molecule has 1 aliphatic rings. The Hall–Kier alpha value is -0.960. The highest BCUT2D eigenvalue weighted by molar-refractivity contribution is 5.29. The van der Waals surface area contributed by atoms with Crippen LogP contribution in [-0.4, -0.2) is 12.6 Å². The zero-order valence-corrected chi connectivity index (χ0v) is 11.1. The van der Waals surface area contributed by atoms with E-state index >= 15 is 0 Å². The van der Waals surface area contributed by atoms with Gasteiger partial charge in [0.15, 0.2) is 11.6 Å². The number of hydrogen-bond donors (Lipinski definition) is 1. The van der Waals surface area contributed by atoms with E-state index in [0.717, 1.165) is 32.2 Å². The van der Waals surface area contributed by atoms with Gasteiger partial charge < -0.3 is 5.32 Å². The molecular weight excluding hydrogens is 232 g/mol. The second kappa shape index (κ2) is 5.35. The molecule has 0 saturated heterocycles. The van der Waals surface area contributed by atoms with E-state index in [9.17, 15) is 8.78 Å². The maximum atomic E-state index is 13.9. The third-order valence-corrected chi connectivity index (χ3v) is 4.03. The van der Waals surface area contributed by atoms with Gasteiger partial charge in [0.2, 0.25) is 0 Å². The average Bonchev–Trinajstić information content (AvgIpc) is 2.73. The Morgan fingerprint density at radius 2 is 2.17 bits per heavy atom. The van der Waals surface area contributed by atoms with E-state index in [1.54, 1.807) is 12.1 Å². The Balaban J connectivity index is 2.15. The zero-order chi connectivity index (χ0) is 13.2. The third kappa shape index (κ3) is 2.56. The lowest BCUT2D eigenvalue weighted by Crippen LogP contribution is -2.30. The standard InChI is InChI=1S/C15H21F2N/c1-3-9-18-11-7-8-15(2,10-11)12-5-4-6-13(16)14(12)17/h4-6,11,18H,3,7-10H2,1-2H3. The fourth-order valence-electron chi connectivity index (χ4n) is 2.98. The normalized spacial score (nSPS) is 27.7. The lowest BCUT2D eigenvalue weighted by atomic mass is 9.80. The molecule has 18 heavy (non-hydrogen) atoms. The van der Waals surface area contributed by atoms with Gasteiger partial charge in [-0.1, -0.05) is 26.0 Å². The van der Waals surface area contributed by atoms with Crippen molar-refractivity contribution in [2.75, 3.05) is 6.54 Å². The van der Waals surface area contributed by atoms with Gasteiger partial charge in [-0.25, -0.2) is 8.78 Å². The molecule has 3 heteroatoms. The van der Waals surface area contributed by atoms with Crippen LogP contribution in [0.25, 0.3) is 0 Å². The van der Waals surface area contributed by atoms with Crippen LogP contribution in [0.5, 0.6) is 0 Å². The Kier molecular flexibility index (Phi) is 4.00. The van der Waals surface area contributed by atoms with Crippen molar-refractivity contribution in [3.05, 3.63) is 35.4 Å². The lowest BCUT2D eigenvalue weighted by Gasteiger charge is -2.25. The van der Waals surface area contributed by atoms with E-state index in [2.05, 4.69) is 12.2 Å². The number of benzene rings is 1. The Morgan fingerprint density at radius 1 is 1.39 bits per heavy atom. The van der Waals surface area contributed by atoms with Gasteiger partial charge in [0.05, 0.1) is 0 Å². The molecule has 1 aliphatic carbocycles. The molecule has 1 aromatic carbocycles. The molecule has 1 nitrogen and oxygen atoms in total. The van der Waals surface area contributed by atoms with Crippen LogP contribution in [0.4, 0.5) is 8.78 Å². The van der Waals surface area contributed by atoms with E-state index in [1.807, 2.05) is 6.92 Å². The van der Waals surface area contributed by atoms with Crippen molar-refractivity contribution in [1.29, 1.82) is 0 Å². The van der Waals surface area contributed by atoms with Crippen LogP contribution in [0.15, 0.2) is 18.2 Å². The SMILES string of the molecule is CCCNC1CCC(C)(c2cccc(F)c2F)C1. The molecule has 100 valence electrons. The summed E-state index contributed by atoms with van der Waals surface area (Å²) in [6.07, 6.45) is 3.93. The van der Waals surface area contributed by atoms with Crippen LogP contribution in [0.1, 0.15) is 45.1 Å². The van der Waals surface area contributed by atoms with E-state index < -0.39 is 11.6 Å². The molecule has 0 aliphatic heterocycles. The second-order valence-corrected chi connectivity index (χ2v) is 5.56. The first-order valence-corrected chi connectivity index (χ1v) is 6.74. The first-order chi connectivity index (χ1) is 8.57. The van der Waals surface area contributed by atoms with Gasteiger partial charge in [-0.2, -0.15) is 0 Å². The number of nitrogens with one attached hydrogen (secondary N) is 1. The van der Waals surface area contributed by atoms with E-state index in [1.165, 1.54) is 6.07 Å². The number of hydrogen-bond acceptors (Lipinski definition) is 1. The highest BCUT2D eigenvalue weighted by Crippen LogP contribution is 2.42. The van der Waals surface area contributed by atoms with Crippen LogP contribution in [0.2, 0.25) is 0 Å². The highest BCUT2D eigenvalue weighted by Gasteiger charge is 2.38. The Morgan fingerprint density at radius 3 is 2.89 bits per heavy atom. The van der Waals surface area contributed by atoms with E-state index in [-0.39, 0.29) is 5.41 Å². The predicted octanol–water partition coefficient (Wildman–Crippen LogP) is 3.77. The maximum absolute atomic E-state index is 13.9. The average molecular weight is 253 g/mol. The fourth-order valence-corrected chi connectivity index (χ4v) is 2.98. The summed E-state index contributed by atoms with van der Waals surface area (Å²) in [6.45, 7) is 5.16. The minimum Gasteiger partial charge on any atom is -0.314 e. The molecule has 2 rings (SSSR count). The van der Waals surface area contributed by atoms with Crippen molar-refractivity contribution in [3.8, 4) is 0 Å². The van der Waals surface area contributed by atoms with Gasteiger partial charge in [-0.15, -0.1) is 0 Å². The number of halogens is 2. The number of rotatable bonds is 4. The van der Waals surface area contributed by atoms with Crippen LogP contribution >= 0.6 is 0 Å². The summed E-state index contributed by atoms with van der Waals surface area (Å²) in [6, 6.07) is 4.94. The Bertz CT molecular complexity index is 419. The summed E-state index contributed by atoms with van der Waals surface area (Å²) in [5.74, 6) is -1.41. The molecule has 2 unspecified atom stereocenters. The van der Waals surface area contributed by atoms with Crippen LogP contribution < -0.4 is 5.32 Å². The van der Waals surface area contributed by atoms with Crippen molar-refractivity contribution >= 4 is 0 Å². The molecule has 0 heterocycles. The van der Waals surface area contributed by atoms with Crippen LogP contribution in [0, 0.1) is 11.6 Å². The summed E-state index contributed by atoms with van der Waals surface area (Å²) in [7, 11) is 0. The van der Waals surface area contributed by atoms with Gasteiger partial charge in [-0.05, 0) is 49.3 Å². The van der Waals surface area contributed by atoms with Crippen molar-refractivity contribution in [3.63, 3.8) is 0 Å². The largest absolute Gasteiger partial charge is 0.314 e. The topological polar surface area (TPSA) is 12.0 Å². The van der Waals surface area contributed by atoms with Crippen LogP contribution in [0.3, 0.4) is 0 Å². The fraction of sp³-hybridized carbons (Fsp3) is 0.600. The second-order valence-electron chi connectivity index (χ2n) is 5.56. The summed E-state index contributed by atoms with van der Waals surface area (Å²) < 4.78 is 27.2.